The van der Waals surface area contributed by atoms with Crippen molar-refractivity contribution in [3.63, 3.8) is 0 Å². The van der Waals surface area contributed by atoms with E-state index in [4.69, 9.17) is 5.11 Å². The van der Waals surface area contributed by atoms with Gasteiger partial charge in [-0.1, -0.05) is 18.2 Å². The highest BCUT2D eigenvalue weighted by atomic mass is 16.3. The van der Waals surface area contributed by atoms with E-state index in [2.05, 4.69) is 5.32 Å². The maximum absolute atomic E-state index is 11.8. The van der Waals surface area contributed by atoms with Gasteiger partial charge in [-0.05, 0) is 36.5 Å². The molecule has 0 spiro atoms. The molecule has 0 radical (unpaired) electrons. The van der Waals surface area contributed by atoms with Gasteiger partial charge in [0.05, 0.1) is 5.92 Å². The van der Waals surface area contributed by atoms with Crippen LogP contribution >= 0.6 is 0 Å². The lowest BCUT2D eigenvalue weighted by Crippen LogP contribution is -2.39. The van der Waals surface area contributed by atoms with Crippen molar-refractivity contribution < 1.29 is 14.7 Å². The van der Waals surface area contributed by atoms with Crippen LogP contribution in [0, 0.1) is 6.92 Å². The molecule has 2 rings (SSSR count). The van der Waals surface area contributed by atoms with Crippen molar-refractivity contribution in [2.45, 2.75) is 32.1 Å². The maximum Gasteiger partial charge on any atom is 0.234 e. The number of rotatable bonds is 3. The Morgan fingerprint density at radius 2 is 2.17 bits per heavy atom. The van der Waals surface area contributed by atoms with E-state index in [1.165, 1.54) is 0 Å². The first-order valence-electron chi connectivity index (χ1n) is 6.16. The molecule has 0 aliphatic carbocycles. The highest BCUT2D eigenvalue weighted by Gasteiger charge is 2.28. The van der Waals surface area contributed by atoms with Gasteiger partial charge in [0.2, 0.25) is 11.8 Å². The third kappa shape index (κ3) is 2.59. The Morgan fingerprint density at radius 1 is 1.39 bits per heavy atom. The van der Waals surface area contributed by atoms with Gasteiger partial charge in [-0.25, -0.2) is 0 Å². The zero-order chi connectivity index (χ0) is 13.1. The topological polar surface area (TPSA) is 66.4 Å². The van der Waals surface area contributed by atoms with Crippen LogP contribution in [0.3, 0.4) is 0 Å². The van der Waals surface area contributed by atoms with Crippen molar-refractivity contribution in [1.29, 1.82) is 0 Å². The maximum atomic E-state index is 11.8. The molecule has 1 unspecified atom stereocenters. The average molecular weight is 247 g/mol. The lowest BCUT2D eigenvalue weighted by atomic mass is 9.87. The second kappa shape index (κ2) is 5.31. The Hall–Kier alpha value is -1.68. The second-order valence-electron chi connectivity index (χ2n) is 4.67. The van der Waals surface area contributed by atoms with Gasteiger partial charge in [0, 0.05) is 13.0 Å². The Balaban J connectivity index is 2.23. The van der Waals surface area contributed by atoms with Gasteiger partial charge in [0.25, 0.3) is 0 Å². The van der Waals surface area contributed by atoms with E-state index >= 15 is 0 Å². The molecular weight excluding hydrogens is 230 g/mol. The number of nitrogens with one attached hydrogen (secondary N) is 1. The molecule has 2 N–H and O–H groups in total. The molecule has 1 aliphatic heterocycles. The van der Waals surface area contributed by atoms with Crippen LogP contribution in [-0.4, -0.2) is 23.5 Å². The van der Waals surface area contributed by atoms with Gasteiger partial charge >= 0.3 is 0 Å². The summed E-state index contributed by atoms with van der Waals surface area (Å²) in [7, 11) is 0. The number of piperidine rings is 1. The fraction of sp³-hybridized carbons (Fsp3) is 0.429. The summed E-state index contributed by atoms with van der Waals surface area (Å²) < 4.78 is 0. The zero-order valence-electron chi connectivity index (χ0n) is 10.4. The number of aliphatic hydroxyl groups is 1. The summed E-state index contributed by atoms with van der Waals surface area (Å²) in [5, 5.41) is 11.3. The molecule has 4 nitrogen and oxygen atoms in total. The first-order valence-corrected chi connectivity index (χ1v) is 6.16. The monoisotopic (exact) mass is 247 g/mol. The Labute approximate surface area is 106 Å². The van der Waals surface area contributed by atoms with E-state index in [0.717, 1.165) is 16.7 Å². The number of aryl methyl sites for hydroxylation is 1. The van der Waals surface area contributed by atoms with Gasteiger partial charge in [-0.15, -0.1) is 0 Å². The van der Waals surface area contributed by atoms with Crippen molar-refractivity contribution in [3.05, 3.63) is 34.9 Å². The second-order valence-corrected chi connectivity index (χ2v) is 4.67. The molecule has 1 heterocycles. The molecule has 1 aromatic rings. The smallest absolute Gasteiger partial charge is 0.234 e. The number of amides is 2. The minimum atomic E-state index is -0.231. The molecule has 1 saturated heterocycles. The lowest BCUT2D eigenvalue weighted by Gasteiger charge is -2.22. The molecule has 1 aromatic carbocycles. The number of benzene rings is 1. The highest BCUT2D eigenvalue weighted by molar-refractivity contribution is 6.01. The number of carbonyl (C=O) groups excluding carboxylic acids is 2. The summed E-state index contributed by atoms with van der Waals surface area (Å²) in [6.45, 7) is 2.08. The predicted octanol–water partition coefficient (Wildman–Crippen LogP) is 1.05. The van der Waals surface area contributed by atoms with Crippen LogP contribution in [-0.2, 0) is 16.0 Å². The van der Waals surface area contributed by atoms with Gasteiger partial charge in [0.1, 0.15) is 0 Å². The summed E-state index contributed by atoms with van der Waals surface area (Å²) in [4.78, 5) is 22.9. The van der Waals surface area contributed by atoms with Gasteiger partial charge in [-0.2, -0.15) is 0 Å². The SMILES string of the molecule is Cc1cc(CCO)ccc1C1CCC(=O)NC1=O. The molecule has 96 valence electrons. The number of imide groups is 1. The van der Waals surface area contributed by atoms with Gasteiger partial charge in [-0.3, -0.25) is 14.9 Å². The molecular formula is C14H17NO3. The standard InChI is InChI=1S/C14H17NO3/c1-9-8-10(6-7-16)2-3-11(9)12-4-5-13(17)15-14(12)18/h2-3,8,12,16H,4-7H2,1H3,(H,15,17,18). The average Bonchev–Trinajstić information content (AvgIpc) is 2.31. The van der Waals surface area contributed by atoms with Crippen molar-refractivity contribution in [2.24, 2.45) is 0 Å². The third-order valence-electron chi connectivity index (χ3n) is 3.35. The van der Waals surface area contributed by atoms with Crippen molar-refractivity contribution >= 4 is 11.8 Å². The minimum absolute atomic E-state index is 0.122. The summed E-state index contributed by atoms with van der Waals surface area (Å²) in [6.07, 6.45) is 1.59. The number of hydrogen-bond acceptors (Lipinski definition) is 3. The van der Waals surface area contributed by atoms with E-state index in [0.29, 0.717) is 19.3 Å². The van der Waals surface area contributed by atoms with E-state index in [-0.39, 0.29) is 24.3 Å². The molecule has 2 amide bonds. The highest BCUT2D eigenvalue weighted by Crippen LogP contribution is 2.27. The Morgan fingerprint density at radius 3 is 2.78 bits per heavy atom. The molecule has 0 bridgehead atoms. The van der Waals surface area contributed by atoms with Crippen LogP contribution in [0.2, 0.25) is 0 Å². The molecule has 1 fully saturated rings. The molecule has 4 heteroatoms. The fourth-order valence-corrected chi connectivity index (χ4v) is 2.40. The lowest BCUT2D eigenvalue weighted by molar-refractivity contribution is -0.134. The van der Waals surface area contributed by atoms with Crippen LogP contribution in [0.25, 0.3) is 0 Å². The quantitative estimate of drug-likeness (QED) is 0.785. The summed E-state index contributed by atoms with van der Waals surface area (Å²) >= 11 is 0. The Bertz CT molecular complexity index is 482. The predicted molar refractivity (Wildman–Crippen MR) is 67.1 cm³/mol. The Kier molecular flexibility index (Phi) is 3.77. The number of hydrogen-bond donors (Lipinski definition) is 2. The van der Waals surface area contributed by atoms with Crippen molar-refractivity contribution in [2.75, 3.05) is 6.61 Å². The van der Waals surface area contributed by atoms with E-state index < -0.39 is 0 Å². The van der Waals surface area contributed by atoms with Crippen molar-refractivity contribution in [3.8, 4) is 0 Å². The fourth-order valence-electron chi connectivity index (χ4n) is 2.40. The normalized spacial score (nSPS) is 19.8. The van der Waals surface area contributed by atoms with E-state index in [9.17, 15) is 9.59 Å². The van der Waals surface area contributed by atoms with Crippen LogP contribution in [0.1, 0.15) is 35.4 Å². The summed E-state index contributed by atoms with van der Waals surface area (Å²) in [5.41, 5.74) is 3.07. The third-order valence-corrected chi connectivity index (χ3v) is 3.35. The van der Waals surface area contributed by atoms with E-state index in [1.807, 2.05) is 25.1 Å². The van der Waals surface area contributed by atoms with Crippen LogP contribution < -0.4 is 5.32 Å². The molecule has 1 atom stereocenters. The van der Waals surface area contributed by atoms with E-state index in [1.54, 1.807) is 0 Å². The van der Waals surface area contributed by atoms with Gasteiger partial charge in [0.15, 0.2) is 0 Å². The first kappa shape index (κ1) is 12.8. The van der Waals surface area contributed by atoms with Gasteiger partial charge < -0.3 is 5.11 Å². The molecule has 18 heavy (non-hydrogen) atoms. The summed E-state index contributed by atoms with van der Waals surface area (Å²) in [5.74, 6) is -0.624. The zero-order valence-corrected chi connectivity index (χ0v) is 10.4. The molecule has 0 aromatic heterocycles. The molecule has 1 aliphatic rings. The first-order chi connectivity index (χ1) is 8.61. The van der Waals surface area contributed by atoms with Crippen LogP contribution in [0.15, 0.2) is 18.2 Å². The number of carbonyl (C=O) groups is 2. The minimum Gasteiger partial charge on any atom is -0.396 e. The van der Waals surface area contributed by atoms with Crippen LogP contribution in [0.5, 0.6) is 0 Å². The number of aliphatic hydroxyl groups excluding tert-OH is 1. The molecule has 0 saturated carbocycles. The van der Waals surface area contributed by atoms with Crippen molar-refractivity contribution in [1.82, 2.24) is 5.32 Å². The summed E-state index contributed by atoms with van der Waals surface area (Å²) in [6, 6.07) is 5.86. The van der Waals surface area contributed by atoms with Crippen LogP contribution in [0.4, 0.5) is 0 Å². The largest absolute Gasteiger partial charge is 0.396 e.